The van der Waals surface area contributed by atoms with Crippen LogP contribution in [0.15, 0.2) is 24.3 Å². The Morgan fingerprint density at radius 1 is 1.25 bits per heavy atom. The molecule has 0 aliphatic carbocycles. The summed E-state index contributed by atoms with van der Waals surface area (Å²) in [5.41, 5.74) is 0.835. The Labute approximate surface area is 101 Å². The number of rotatable bonds is 4. The predicted molar refractivity (Wildman–Crippen MR) is 68.2 cm³/mol. The summed E-state index contributed by atoms with van der Waals surface area (Å²) in [6, 6.07) is 7.07. The summed E-state index contributed by atoms with van der Waals surface area (Å²) in [7, 11) is 0. The molecular weight excluding hydrogens is 221 g/mol. The molecule has 1 aliphatic rings. The number of benzene rings is 1. The zero-order valence-corrected chi connectivity index (χ0v) is 10.2. The maximum atomic E-state index is 13.3. The second-order valence-corrected chi connectivity index (χ2v) is 5.33. The molecule has 3 heteroatoms. The molecule has 16 heavy (non-hydrogen) atoms. The Kier molecular flexibility index (Phi) is 4.67. The van der Waals surface area contributed by atoms with Crippen molar-refractivity contribution in [3.63, 3.8) is 0 Å². The lowest BCUT2D eigenvalue weighted by molar-refractivity contribution is 0.408. The quantitative estimate of drug-likeness (QED) is 0.866. The fourth-order valence-electron chi connectivity index (χ4n) is 2.00. The Bertz CT molecular complexity index is 323. The van der Waals surface area contributed by atoms with E-state index in [4.69, 9.17) is 0 Å². The molecular formula is C13H18FNS. The molecule has 1 nitrogen and oxygen atoms in total. The maximum Gasteiger partial charge on any atom is 0.127 e. The van der Waals surface area contributed by atoms with Crippen molar-refractivity contribution >= 4 is 11.8 Å². The Morgan fingerprint density at radius 3 is 2.75 bits per heavy atom. The van der Waals surface area contributed by atoms with E-state index in [-0.39, 0.29) is 5.82 Å². The van der Waals surface area contributed by atoms with Crippen molar-refractivity contribution < 1.29 is 4.39 Å². The maximum absolute atomic E-state index is 13.3. The van der Waals surface area contributed by atoms with Crippen LogP contribution in [0.5, 0.6) is 0 Å². The molecule has 0 radical (unpaired) electrons. The van der Waals surface area contributed by atoms with Gasteiger partial charge in [-0.1, -0.05) is 18.2 Å². The second-order valence-electron chi connectivity index (χ2n) is 4.30. The van der Waals surface area contributed by atoms with Crippen LogP contribution in [0.3, 0.4) is 0 Å². The van der Waals surface area contributed by atoms with E-state index in [2.05, 4.69) is 5.32 Å². The topological polar surface area (TPSA) is 12.0 Å². The highest BCUT2D eigenvalue weighted by molar-refractivity contribution is 7.98. The number of thioether (sulfide) groups is 1. The molecule has 1 N–H and O–H groups in total. The van der Waals surface area contributed by atoms with Gasteiger partial charge in [0.15, 0.2) is 0 Å². The van der Waals surface area contributed by atoms with Crippen LogP contribution in [0.25, 0.3) is 0 Å². The lowest BCUT2D eigenvalue weighted by Gasteiger charge is -2.22. The lowest BCUT2D eigenvalue weighted by Crippen LogP contribution is -2.28. The minimum absolute atomic E-state index is 0.0692. The molecule has 1 heterocycles. The molecule has 1 aromatic carbocycles. The number of piperidine rings is 1. The van der Waals surface area contributed by atoms with Crippen LogP contribution < -0.4 is 5.32 Å². The smallest absolute Gasteiger partial charge is 0.127 e. The van der Waals surface area contributed by atoms with Crippen molar-refractivity contribution in [2.45, 2.75) is 18.6 Å². The average molecular weight is 239 g/mol. The zero-order chi connectivity index (χ0) is 11.2. The van der Waals surface area contributed by atoms with Crippen LogP contribution in [0.2, 0.25) is 0 Å². The Hall–Kier alpha value is -0.540. The van der Waals surface area contributed by atoms with Gasteiger partial charge in [0.05, 0.1) is 0 Å². The normalized spacial score (nSPS) is 17.6. The van der Waals surface area contributed by atoms with Crippen molar-refractivity contribution in [2.24, 2.45) is 5.92 Å². The van der Waals surface area contributed by atoms with Crippen molar-refractivity contribution in [3.8, 4) is 0 Å². The molecule has 0 bridgehead atoms. The third-order valence-corrected chi connectivity index (χ3v) is 4.25. The monoisotopic (exact) mass is 239 g/mol. The summed E-state index contributed by atoms with van der Waals surface area (Å²) in [5, 5.41) is 3.36. The highest BCUT2D eigenvalue weighted by Gasteiger charge is 2.12. The van der Waals surface area contributed by atoms with E-state index in [9.17, 15) is 4.39 Å². The summed E-state index contributed by atoms with van der Waals surface area (Å²) < 4.78 is 13.3. The molecule has 1 aliphatic heterocycles. The largest absolute Gasteiger partial charge is 0.317 e. The van der Waals surface area contributed by atoms with Gasteiger partial charge in [0.2, 0.25) is 0 Å². The van der Waals surface area contributed by atoms with Crippen LogP contribution in [-0.2, 0) is 5.75 Å². The first-order valence-electron chi connectivity index (χ1n) is 5.88. The van der Waals surface area contributed by atoms with Crippen LogP contribution in [0.1, 0.15) is 18.4 Å². The molecule has 2 rings (SSSR count). The molecule has 1 fully saturated rings. The molecule has 0 spiro atoms. The van der Waals surface area contributed by atoms with Gasteiger partial charge in [-0.15, -0.1) is 0 Å². The van der Waals surface area contributed by atoms with Crippen LogP contribution in [-0.4, -0.2) is 18.8 Å². The van der Waals surface area contributed by atoms with Crippen LogP contribution >= 0.6 is 11.8 Å². The van der Waals surface area contributed by atoms with E-state index in [0.29, 0.717) is 0 Å². The molecule has 0 atom stereocenters. The third kappa shape index (κ3) is 3.49. The van der Waals surface area contributed by atoms with E-state index in [1.807, 2.05) is 23.9 Å². The number of hydrogen-bond donors (Lipinski definition) is 1. The standard InChI is InChI=1S/C13H18FNS/c14-13-4-2-1-3-12(13)10-16-9-11-5-7-15-8-6-11/h1-4,11,15H,5-10H2. The summed E-state index contributed by atoms with van der Waals surface area (Å²) >= 11 is 1.86. The minimum atomic E-state index is -0.0692. The Morgan fingerprint density at radius 2 is 2.00 bits per heavy atom. The first kappa shape index (κ1) is 11.9. The van der Waals surface area contributed by atoms with Gasteiger partial charge in [-0.25, -0.2) is 4.39 Å². The van der Waals surface area contributed by atoms with Gasteiger partial charge in [-0.2, -0.15) is 11.8 Å². The number of hydrogen-bond acceptors (Lipinski definition) is 2. The van der Waals surface area contributed by atoms with Gasteiger partial charge in [0.1, 0.15) is 5.82 Å². The molecule has 0 amide bonds. The van der Waals surface area contributed by atoms with Crippen molar-refractivity contribution in [1.82, 2.24) is 5.32 Å². The van der Waals surface area contributed by atoms with Gasteiger partial charge >= 0.3 is 0 Å². The Balaban J connectivity index is 1.73. The third-order valence-electron chi connectivity index (χ3n) is 3.03. The lowest BCUT2D eigenvalue weighted by atomic mass is 10.0. The number of halogens is 1. The number of nitrogens with one attached hydrogen (secondary N) is 1. The highest BCUT2D eigenvalue weighted by Crippen LogP contribution is 2.22. The van der Waals surface area contributed by atoms with Gasteiger partial charge in [-0.05, 0) is 49.2 Å². The summed E-state index contributed by atoms with van der Waals surface area (Å²) in [5.74, 6) is 2.71. The first-order chi connectivity index (χ1) is 7.86. The predicted octanol–water partition coefficient (Wildman–Crippen LogP) is 3.06. The molecule has 0 unspecified atom stereocenters. The average Bonchev–Trinajstić information content (AvgIpc) is 2.33. The fraction of sp³-hybridized carbons (Fsp3) is 0.538. The van der Waals surface area contributed by atoms with E-state index in [0.717, 1.165) is 36.1 Å². The highest BCUT2D eigenvalue weighted by atomic mass is 32.2. The van der Waals surface area contributed by atoms with Gasteiger partial charge < -0.3 is 5.32 Å². The van der Waals surface area contributed by atoms with Crippen molar-refractivity contribution in [1.29, 1.82) is 0 Å². The van der Waals surface area contributed by atoms with Gasteiger partial charge in [-0.3, -0.25) is 0 Å². The molecule has 1 saturated heterocycles. The van der Waals surface area contributed by atoms with Crippen molar-refractivity contribution in [2.75, 3.05) is 18.8 Å². The fourth-order valence-corrected chi connectivity index (χ4v) is 3.24. The van der Waals surface area contributed by atoms with Crippen LogP contribution in [0, 0.1) is 11.7 Å². The minimum Gasteiger partial charge on any atom is -0.317 e. The molecule has 1 aromatic rings. The summed E-state index contributed by atoms with van der Waals surface area (Å²) in [6.07, 6.45) is 2.54. The molecule has 88 valence electrons. The molecule has 0 saturated carbocycles. The molecule has 0 aromatic heterocycles. The van der Waals surface area contributed by atoms with E-state index in [1.165, 1.54) is 12.8 Å². The van der Waals surface area contributed by atoms with Gasteiger partial charge in [0.25, 0.3) is 0 Å². The summed E-state index contributed by atoms with van der Waals surface area (Å²) in [4.78, 5) is 0. The van der Waals surface area contributed by atoms with E-state index < -0.39 is 0 Å². The zero-order valence-electron chi connectivity index (χ0n) is 9.42. The SMILES string of the molecule is Fc1ccccc1CSCC1CCNCC1. The first-order valence-corrected chi connectivity index (χ1v) is 7.03. The van der Waals surface area contributed by atoms with E-state index >= 15 is 0 Å². The van der Waals surface area contributed by atoms with Crippen LogP contribution in [0.4, 0.5) is 4.39 Å². The van der Waals surface area contributed by atoms with Gasteiger partial charge in [0, 0.05) is 5.75 Å². The van der Waals surface area contributed by atoms with E-state index in [1.54, 1.807) is 12.1 Å². The second kappa shape index (κ2) is 6.26. The summed E-state index contributed by atoms with van der Waals surface area (Å²) in [6.45, 7) is 2.29. The van der Waals surface area contributed by atoms with Crippen molar-refractivity contribution in [3.05, 3.63) is 35.6 Å².